The van der Waals surface area contributed by atoms with E-state index in [1.54, 1.807) is 20.8 Å². The lowest BCUT2D eigenvalue weighted by atomic mass is 10.0. The van der Waals surface area contributed by atoms with Crippen LogP contribution in [0.3, 0.4) is 0 Å². The molecule has 0 saturated heterocycles. The van der Waals surface area contributed by atoms with Gasteiger partial charge in [0.05, 0.1) is 5.56 Å². The van der Waals surface area contributed by atoms with Gasteiger partial charge in [0.25, 0.3) is 0 Å². The van der Waals surface area contributed by atoms with Gasteiger partial charge < -0.3 is 14.8 Å². The molecule has 6 nitrogen and oxygen atoms in total. The first-order chi connectivity index (χ1) is 11.5. The van der Waals surface area contributed by atoms with Gasteiger partial charge in [-0.15, -0.1) is 0 Å². The molecule has 1 atom stereocenters. The maximum atomic E-state index is 12.9. The number of rotatable bonds is 5. The minimum Gasteiger partial charge on any atom is -0.444 e. The summed E-state index contributed by atoms with van der Waals surface area (Å²) in [7, 11) is 0. The maximum absolute atomic E-state index is 12.9. The van der Waals surface area contributed by atoms with Gasteiger partial charge in [-0.3, -0.25) is 0 Å². The van der Waals surface area contributed by atoms with Crippen molar-refractivity contribution in [3.05, 3.63) is 35.6 Å². The molecule has 1 aromatic rings. The fourth-order valence-corrected chi connectivity index (χ4v) is 1.94. The Kier molecular flexibility index (Phi) is 7.09. The zero-order valence-electron chi connectivity index (χ0n) is 15.1. The number of esters is 2. The van der Waals surface area contributed by atoms with Crippen LogP contribution in [0.15, 0.2) is 24.3 Å². The Morgan fingerprint density at radius 2 is 1.68 bits per heavy atom. The lowest BCUT2D eigenvalue weighted by Crippen LogP contribution is -2.45. The van der Waals surface area contributed by atoms with Gasteiger partial charge >= 0.3 is 18.0 Å². The van der Waals surface area contributed by atoms with Gasteiger partial charge in [-0.05, 0) is 57.4 Å². The van der Waals surface area contributed by atoms with Crippen molar-refractivity contribution >= 4 is 18.0 Å². The van der Waals surface area contributed by atoms with Crippen molar-refractivity contribution in [1.82, 2.24) is 5.32 Å². The Morgan fingerprint density at radius 1 is 1.12 bits per heavy atom. The van der Waals surface area contributed by atoms with Gasteiger partial charge in [0.1, 0.15) is 17.5 Å². The zero-order chi connectivity index (χ0) is 19.2. The van der Waals surface area contributed by atoms with Gasteiger partial charge in [-0.1, -0.05) is 13.8 Å². The fourth-order valence-electron chi connectivity index (χ4n) is 1.94. The van der Waals surface area contributed by atoms with Crippen LogP contribution in [-0.2, 0) is 14.3 Å². The number of ether oxygens (including phenoxy) is 2. The highest BCUT2D eigenvalue weighted by atomic mass is 19.1. The number of carbonyl (C=O) groups excluding carboxylic acids is 3. The molecule has 0 aliphatic heterocycles. The van der Waals surface area contributed by atoms with Crippen molar-refractivity contribution in [2.24, 2.45) is 5.92 Å². The lowest BCUT2D eigenvalue weighted by molar-refractivity contribution is -0.140. The van der Waals surface area contributed by atoms with Crippen molar-refractivity contribution in [2.75, 3.05) is 0 Å². The van der Waals surface area contributed by atoms with E-state index in [4.69, 9.17) is 9.47 Å². The van der Waals surface area contributed by atoms with Crippen molar-refractivity contribution in [2.45, 2.75) is 52.7 Å². The van der Waals surface area contributed by atoms with Crippen LogP contribution in [0, 0.1) is 11.7 Å². The van der Waals surface area contributed by atoms with E-state index in [1.165, 1.54) is 12.1 Å². The zero-order valence-corrected chi connectivity index (χ0v) is 15.1. The molecule has 1 aromatic carbocycles. The van der Waals surface area contributed by atoms with Crippen molar-refractivity contribution in [3.63, 3.8) is 0 Å². The van der Waals surface area contributed by atoms with Crippen LogP contribution in [0.1, 0.15) is 51.4 Å². The Balaban J connectivity index is 2.77. The number of alkyl carbamates (subject to hydrolysis) is 1. The molecule has 0 bridgehead atoms. The van der Waals surface area contributed by atoms with E-state index in [0.717, 1.165) is 12.1 Å². The van der Waals surface area contributed by atoms with Gasteiger partial charge in [0, 0.05) is 0 Å². The minimum atomic E-state index is -1.03. The molecule has 25 heavy (non-hydrogen) atoms. The predicted octanol–water partition coefficient (Wildman–Crippen LogP) is 3.45. The van der Waals surface area contributed by atoms with Gasteiger partial charge in [-0.25, -0.2) is 18.8 Å². The smallest absolute Gasteiger partial charge is 0.408 e. The summed E-state index contributed by atoms with van der Waals surface area (Å²) in [4.78, 5) is 36.1. The maximum Gasteiger partial charge on any atom is 0.408 e. The van der Waals surface area contributed by atoms with Crippen LogP contribution in [-0.4, -0.2) is 29.7 Å². The summed E-state index contributed by atoms with van der Waals surface area (Å²) < 4.78 is 22.8. The molecule has 1 amide bonds. The quantitative estimate of drug-likeness (QED) is 0.648. The molecule has 0 heterocycles. The topological polar surface area (TPSA) is 81.7 Å². The van der Waals surface area contributed by atoms with Gasteiger partial charge in [-0.2, -0.15) is 0 Å². The van der Waals surface area contributed by atoms with E-state index in [2.05, 4.69) is 5.32 Å². The molecule has 0 unspecified atom stereocenters. The summed E-state index contributed by atoms with van der Waals surface area (Å²) in [6.45, 7) is 8.80. The summed E-state index contributed by atoms with van der Waals surface area (Å²) in [6.07, 6.45) is -0.501. The van der Waals surface area contributed by atoms with Crippen LogP contribution in [0.25, 0.3) is 0 Å². The summed E-state index contributed by atoms with van der Waals surface area (Å²) in [6, 6.07) is 3.57. The van der Waals surface area contributed by atoms with E-state index < -0.39 is 35.5 Å². The summed E-state index contributed by atoms with van der Waals surface area (Å²) in [5.41, 5.74) is -0.685. The Labute approximate surface area is 146 Å². The molecule has 7 heteroatoms. The third-order valence-electron chi connectivity index (χ3n) is 2.96. The van der Waals surface area contributed by atoms with E-state index in [9.17, 15) is 18.8 Å². The van der Waals surface area contributed by atoms with E-state index in [1.807, 2.05) is 13.8 Å². The molecule has 0 aliphatic rings. The van der Waals surface area contributed by atoms with Crippen LogP contribution in [0.2, 0.25) is 0 Å². The standard InChI is InChI=1S/C18H24FNO5/c1-11(2)10-14(20-17(23)25-18(3,4)5)16(22)24-15(21)12-6-8-13(19)9-7-12/h6-9,11,14H,10H2,1-5H3,(H,20,23)/t14-/m0/s1. The molecule has 1 N–H and O–H groups in total. The monoisotopic (exact) mass is 353 g/mol. The van der Waals surface area contributed by atoms with E-state index in [0.29, 0.717) is 0 Å². The lowest BCUT2D eigenvalue weighted by Gasteiger charge is -2.23. The number of nitrogens with one attached hydrogen (secondary N) is 1. The van der Waals surface area contributed by atoms with Crippen LogP contribution in [0.4, 0.5) is 9.18 Å². The third-order valence-corrected chi connectivity index (χ3v) is 2.96. The fraction of sp³-hybridized carbons (Fsp3) is 0.500. The largest absolute Gasteiger partial charge is 0.444 e. The second kappa shape index (κ2) is 8.60. The molecule has 0 aromatic heterocycles. The summed E-state index contributed by atoms with van der Waals surface area (Å²) in [5.74, 6) is -2.25. The first kappa shape index (κ1) is 20.6. The first-order valence-electron chi connectivity index (χ1n) is 7.99. The number of benzene rings is 1. The number of hydrogen-bond donors (Lipinski definition) is 1. The summed E-state index contributed by atoms with van der Waals surface area (Å²) in [5, 5.41) is 2.42. The number of halogens is 1. The molecule has 0 saturated carbocycles. The second-order valence-corrected chi connectivity index (χ2v) is 7.04. The van der Waals surface area contributed by atoms with Crippen LogP contribution >= 0.6 is 0 Å². The van der Waals surface area contributed by atoms with Gasteiger partial charge in [0.15, 0.2) is 0 Å². The second-order valence-electron chi connectivity index (χ2n) is 7.04. The van der Waals surface area contributed by atoms with Crippen molar-refractivity contribution in [1.29, 1.82) is 0 Å². The molecule has 1 rings (SSSR count). The van der Waals surface area contributed by atoms with Crippen LogP contribution in [0.5, 0.6) is 0 Å². The predicted molar refractivity (Wildman–Crippen MR) is 89.4 cm³/mol. The molecule has 138 valence electrons. The SMILES string of the molecule is CC(C)C[C@H](NC(=O)OC(C)(C)C)C(=O)OC(=O)c1ccc(F)cc1. The van der Waals surface area contributed by atoms with Crippen LogP contribution < -0.4 is 5.32 Å². The van der Waals surface area contributed by atoms with Crippen molar-refractivity contribution in [3.8, 4) is 0 Å². The third kappa shape index (κ3) is 7.78. The normalized spacial score (nSPS) is 12.4. The summed E-state index contributed by atoms with van der Waals surface area (Å²) >= 11 is 0. The Bertz CT molecular complexity index is 619. The molecule has 0 radical (unpaired) electrons. The molecular formula is C18H24FNO5. The number of hydrogen-bond acceptors (Lipinski definition) is 5. The minimum absolute atomic E-state index is 0.0373. The number of amides is 1. The average Bonchev–Trinajstić information content (AvgIpc) is 2.44. The van der Waals surface area contributed by atoms with Crippen molar-refractivity contribution < 1.29 is 28.2 Å². The average molecular weight is 353 g/mol. The molecule has 0 fully saturated rings. The molecule has 0 spiro atoms. The van der Waals surface area contributed by atoms with Gasteiger partial charge in [0.2, 0.25) is 0 Å². The Hall–Kier alpha value is -2.44. The highest BCUT2D eigenvalue weighted by Gasteiger charge is 2.28. The highest BCUT2D eigenvalue weighted by Crippen LogP contribution is 2.12. The van der Waals surface area contributed by atoms with E-state index in [-0.39, 0.29) is 17.9 Å². The molecular weight excluding hydrogens is 329 g/mol. The van der Waals surface area contributed by atoms with E-state index >= 15 is 0 Å². The Morgan fingerprint density at radius 3 is 2.16 bits per heavy atom. The number of carbonyl (C=O) groups is 3. The highest BCUT2D eigenvalue weighted by molar-refractivity contribution is 5.98. The molecule has 0 aliphatic carbocycles. The first-order valence-corrected chi connectivity index (χ1v) is 7.99.